The largest absolute Gasteiger partial charge is 0.445 e. The topological polar surface area (TPSA) is 60.2 Å². The van der Waals surface area contributed by atoms with Crippen LogP contribution in [0, 0.1) is 0 Å². The minimum atomic E-state index is -3.54. The number of aromatic nitrogens is 1. The Balaban J connectivity index is 2.34. The van der Waals surface area contributed by atoms with Gasteiger partial charge in [-0.05, 0) is 17.7 Å². The number of hydrogen-bond donors (Lipinski definition) is 0. The van der Waals surface area contributed by atoms with Crippen molar-refractivity contribution >= 4 is 19.7 Å². The Hall–Kier alpha value is -1.33. The van der Waals surface area contributed by atoms with Crippen molar-refractivity contribution in [1.82, 2.24) is 4.98 Å². The van der Waals surface area contributed by atoms with Crippen molar-refractivity contribution in [2.45, 2.75) is 5.75 Å². The fraction of sp³-hybridized carbons (Fsp3) is 0.100. The molecule has 0 atom stereocenters. The lowest BCUT2D eigenvalue weighted by atomic mass is 10.1. The van der Waals surface area contributed by atoms with E-state index in [0.717, 1.165) is 5.56 Å². The molecule has 84 valence electrons. The van der Waals surface area contributed by atoms with Gasteiger partial charge in [-0.15, -0.1) is 0 Å². The number of halogens is 1. The van der Waals surface area contributed by atoms with Crippen LogP contribution in [0.5, 0.6) is 0 Å². The molecule has 0 radical (unpaired) electrons. The van der Waals surface area contributed by atoms with E-state index in [1.165, 1.54) is 12.5 Å². The lowest BCUT2D eigenvalue weighted by Crippen LogP contribution is -1.95. The Labute approximate surface area is 97.3 Å². The summed E-state index contributed by atoms with van der Waals surface area (Å²) in [4.78, 5) is 3.97. The smallest absolute Gasteiger partial charge is 0.236 e. The third-order valence-electron chi connectivity index (χ3n) is 1.95. The minimum Gasteiger partial charge on any atom is -0.445 e. The highest BCUT2D eigenvalue weighted by Gasteiger charge is 2.09. The molecule has 16 heavy (non-hydrogen) atoms. The molecule has 0 aliphatic carbocycles. The molecule has 0 N–H and O–H groups in total. The first-order valence-electron chi connectivity index (χ1n) is 4.46. The summed E-state index contributed by atoms with van der Waals surface area (Å²) in [6.45, 7) is 0. The first kappa shape index (κ1) is 11.2. The monoisotopic (exact) mass is 257 g/mol. The van der Waals surface area contributed by atoms with Gasteiger partial charge in [-0.1, -0.05) is 12.1 Å². The van der Waals surface area contributed by atoms with Crippen LogP contribution in [0.15, 0.2) is 41.1 Å². The lowest BCUT2D eigenvalue weighted by molar-refractivity contribution is 0.574. The molecule has 0 aliphatic heterocycles. The van der Waals surface area contributed by atoms with E-state index in [2.05, 4.69) is 4.98 Å². The van der Waals surface area contributed by atoms with Gasteiger partial charge in [0.05, 0.1) is 11.9 Å². The molecule has 1 heterocycles. The van der Waals surface area contributed by atoms with Gasteiger partial charge in [0.25, 0.3) is 0 Å². The number of oxazole rings is 1. The fourth-order valence-corrected chi connectivity index (χ4v) is 2.31. The zero-order chi connectivity index (χ0) is 11.6. The molecule has 1 aromatic carbocycles. The molecule has 2 rings (SSSR count). The molecule has 0 aliphatic rings. The summed E-state index contributed by atoms with van der Waals surface area (Å²) in [5.41, 5.74) is 1.33. The normalized spacial score (nSPS) is 11.6. The van der Waals surface area contributed by atoms with Crippen molar-refractivity contribution in [2.24, 2.45) is 0 Å². The third-order valence-corrected chi connectivity index (χ3v) is 2.95. The van der Waals surface area contributed by atoms with E-state index in [1.807, 2.05) is 0 Å². The van der Waals surface area contributed by atoms with Crippen LogP contribution in [-0.4, -0.2) is 13.4 Å². The summed E-state index contributed by atoms with van der Waals surface area (Å²) in [5, 5.41) is 0. The van der Waals surface area contributed by atoms with Gasteiger partial charge in [0, 0.05) is 16.2 Å². The van der Waals surface area contributed by atoms with Gasteiger partial charge in [0.15, 0.2) is 0 Å². The van der Waals surface area contributed by atoms with Gasteiger partial charge in [0.2, 0.25) is 14.9 Å². The predicted octanol–water partition coefficient (Wildman–Crippen LogP) is 2.41. The van der Waals surface area contributed by atoms with E-state index in [1.54, 1.807) is 24.3 Å². The third kappa shape index (κ3) is 2.84. The van der Waals surface area contributed by atoms with Gasteiger partial charge in [-0.25, -0.2) is 13.4 Å². The number of rotatable bonds is 3. The second-order valence-electron chi connectivity index (χ2n) is 3.22. The molecule has 0 bridgehead atoms. The Morgan fingerprint density at radius 3 is 2.81 bits per heavy atom. The second kappa shape index (κ2) is 4.27. The van der Waals surface area contributed by atoms with Crippen molar-refractivity contribution in [3.63, 3.8) is 0 Å². The summed E-state index contributed by atoms with van der Waals surface area (Å²) in [6.07, 6.45) is 2.99. The molecule has 1 aromatic heterocycles. The van der Waals surface area contributed by atoms with E-state index >= 15 is 0 Å². The van der Waals surface area contributed by atoms with Crippen LogP contribution in [0.4, 0.5) is 0 Å². The van der Waals surface area contributed by atoms with Gasteiger partial charge in [0.1, 0.15) is 6.26 Å². The van der Waals surface area contributed by atoms with Crippen LogP contribution in [0.3, 0.4) is 0 Å². The minimum absolute atomic E-state index is 0.205. The van der Waals surface area contributed by atoms with Crippen LogP contribution in [0.25, 0.3) is 11.5 Å². The van der Waals surface area contributed by atoms with E-state index in [-0.39, 0.29) is 5.75 Å². The highest BCUT2D eigenvalue weighted by Crippen LogP contribution is 2.20. The van der Waals surface area contributed by atoms with Gasteiger partial charge in [-0.3, -0.25) is 0 Å². The van der Waals surface area contributed by atoms with Crippen LogP contribution in [0.2, 0.25) is 0 Å². The standard InChI is InChI=1S/C10H8ClNO3S/c11-16(13,14)7-8-2-1-3-9(6-8)10-12-4-5-15-10/h1-6H,7H2. The van der Waals surface area contributed by atoms with Gasteiger partial charge >= 0.3 is 0 Å². The van der Waals surface area contributed by atoms with Crippen molar-refractivity contribution in [3.8, 4) is 11.5 Å². The van der Waals surface area contributed by atoms with Crippen LogP contribution < -0.4 is 0 Å². The van der Waals surface area contributed by atoms with E-state index in [9.17, 15) is 8.42 Å². The predicted molar refractivity (Wildman–Crippen MR) is 60.4 cm³/mol. The van der Waals surface area contributed by atoms with Crippen molar-refractivity contribution in [2.75, 3.05) is 0 Å². The summed E-state index contributed by atoms with van der Waals surface area (Å²) < 4.78 is 27.0. The van der Waals surface area contributed by atoms with Crippen LogP contribution in [0.1, 0.15) is 5.56 Å². The molecular weight excluding hydrogens is 250 g/mol. The summed E-state index contributed by atoms with van der Waals surface area (Å²) >= 11 is 0. The Morgan fingerprint density at radius 1 is 1.38 bits per heavy atom. The number of benzene rings is 1. The first-order valence-corrected chi connectivity index (χ1v) is 6.93. The molecule has 0 unspecified atom stereocenters. The maximum Gasteiger partial charge on any atom is 0.236 e. The van der Waals surface area contributed by atoms with Crippen molar-refractivity contribution in [1.29, 1.82) is 0 Å². The first-order chi connectivity index (χ1) is 7.54. The quantitative estimate of drug-likeness (QED) is 0.793. The number of nitrogens with zero attached hydrogens (tertiary/aromatic N) is 1. The molecule has 4 nitrogen and oxygen atoms in total. The zero-order valence-electron chi connectivity index (χ0n) is 8.13. The number of hydrogen-bond acceptors (Lipinski definition) is 4. The molecule has 0 saturated heterocycles. The van der Waals surface area contributed by atoms with Gasteiger partial charge in [-0.2, -0.15) is 0 Å². The molecule has 6 heteroatoms. The average Bonchev–Trinajstić information content (AvgIpc) is 2.68. The Bertz CT molecular complexity index is 578. The summed E-state index contributed by atoms with van der Waals surface area (Å²) in [6, 6.07) is 6.89. The maximum absolute atomic E-state index is 10.9. The van der Waals surface area contributed by atoms with Crippen molar-refractivity contribution < 1.29 is 12.8 Å². The van der Waals surface area contributed by atoms with E-state index in [4.69, 9.17) is 15.1 Å². The molecule has 0 amide bonds. The Kier molecular flexibility index (Phi) is 2.98. The molecule has 0 saturated carbocycles. The van der Waals surface area contributed by atoms with Crippen LogP contribution in [-0.2, 0) is 14.8 Å². The molecule has 0 fully saturated rings. The average molecular weight is 258 g/mol. The Morgan fingerprint density at radius 2 is 2.19 bits per heavy atom. The molecule has 2 aromatic rings. The van der Waals surface area contributed by atoms with E-state index < -0.39 is 9.05 Å². The molecular formula is C10H8ClNO3S. The second-order valence-corrected chi connectivity index (χ2v) is 6.00. The zero-order valence-corrected chi connectivity index (χ0v) is 9.70. The SMILES string of the molecule is O=S(=O)(Cl)Cc1cccc(-c2ncco2)c1. The highest BCUT2D eigenvalue weighted by molar-refractivity contribution is 8.13. The lowest BCUT2D eigenvalue weighted by Gasteiger charge is -2.00. The van der Waals surface area contributed by atoms with Crippen molar-refractivity contribution in [3.05, 3.63) is 42.3 Å². The molecule has 0 spiro atoms. The summed E-state index contributed by atoms with van der Waals surface area (Å²) in [7, 11) is 1.64. The van der Waals surface area contributed by atoms with Crippen LogP contribution >= 0.6 is 10.7 Å². The highest BCUT2D eigenvalue weighted by atomic mass is 35.7. The summed E-state index contributed by atoms with van der Waals surface area (Å²) in [5.74, 6) is 0.247. The van der Waals surface area contributed by atoms with Gasteiger partial charge < -0.3 is 4.42 Å². The maximum atomic E-state index is 10.9. The fourth-order valence-electron chi connectivity index (χ4n) is 1.36. The van der Waals surface area contributed by atoms with E-state index in [0.29, 0.717) is 11.5 Å².